The van der Waals surface area contributed by atoms with Gasteiger partial charge in [-0.15, -0.1) is 6.58 Å². The standard InChI is InChI=1S/C25H32N2O3S/c1-5-13-26(18-22-9-7-6-8-10-22)25(28)23-11-14-27(15-12-23)31(29,30)24-20(3)16-19(2)17-21(24)4/h5-10,16-17,23H,1,11-15,18H2,2-4H3. The van der Waals surface area contributed by atoms with E-state index in [-0.39, 0.29) is 11.8 Å². The molecule has 0 unspecified atom stereocenters. The van der Waals surface area contributed by atoms with Crippen LogP contribution in [0.3, 0.4) is 0 Å². The fourth-order valence-electron chi connectivity index (χ4n) is 4.50. The number of aryl methyl sites for hydroxylation is 3. The highest BCUT2D eigenvalue weighted by Gasteiger charge is 2.35. The van der Waals surface area contributed by atoms with Crippen LogP contribution < -0.4 is 0 Å². The maximum atomic E-state index is 13.3. The van der Waals surface area contributed by atoms with Gasteiger partial charge in [0.25, 0.3) is 0 Å². The molecule has 1 heterocycles. The summed E-state index contributed by atoms with van der Waals surface area (Å²) in [5, 5.41) is 0. The average molecular weight is 441 g/mol. The SMILES string of the molecule is C=CCN(Cc1ccccc1)C(=O)C1CCN(S(=O)(=O)c2c(C)cc(C)cc2C)CC1. The number of piperidine rings is 1. The Morgan fingerprint density at radius 3 is 2.23 bits per heavy atom. The Kier molecular flexibility index (Phi) is 7.34. The summed E-state index contributed by atoms with van der Waals surface area (Å²) < 4.78 is 28.2. The van der Waals surface area contributed by atoms with E-state index in [2.05, 4.69) is 6.58 Å². The predicted octanol–water partition coefficient (Wildman–Crippen LogP) is 4.23. The minimum atomic E-state index is -3.58. The summed E-state index contributed by atoms with van der Waals surface area (Å²) in [6.45, 7) is 11.2. The lowest BCUT2D eigenvalue weighted by atomic mass is 9.96. The molecule has 2 aromatic carbocycles. The van der Waals surface area contributed by atoms with Crippen LogP contribution in [0, 0.1) is 26.7 Å². The number of hydrogen-bond acceptors (Lipinski definition) is 3. The Hall–Kier alpha value is -2.44. The van der Waals surface area contributed by atoms with Crippen molar-refractivity contribution in [1.29, 1.82) is 0 Å². The van der Waals surface area contributed by atoms with Crippen LogP contribution in [0.1, 0.15) is 35.1 Å². The molecule has 2 aromatic rings. The lowest BCUT2D eigenvalue weighted by Crippen LogP contribution is -2.44. The van der Waals surface area contributed by atoms with Crippen LogP contribution in [0.15, 0.2) is 60.0 Å². The van der Waals surface area contributed by atoms with Crippen LogP contribution in [0.2, 0.25) is 0 Å². The van der Waals surface area contributed by atoms with E-state index in [1.807, 2.05) is 68.1 Å². The number of amides is 1. The van der Waals surface area contributed by atoms with Crippen molar-refractivity contribution in [3.05, 3.63) is 77.4 Å². The minimum Gasteiger partial charge on any atom is -0.334 e. The lowest BCUT2D eigenvalue weighted by Gasteiger charge is -2.34. The molecule has 1 aliphatic rings. The quantitative estimate of drug-likeness (QED) is 0.606. The molecule has 0 radical (unpaired) electrons. The van der Waals surface area contributed by atoms with E-state index in [1.165, 1.54) is 4.31 Å². The summed E-state index contributed by atoms with van der Waals surface area (Å²) in [5.41, 5.74) is 3.67. The van der Waals surface area contributed by atoms with Crippen molar-refractivity contribution < 1.29 is 13.2 Å². The molecule has 31 heavy (non-hydrogen) atoms. The zero-order valence-electron chi connectivity index (χ0n) is 18.7. The number of carbonyl (C=O) groups is 1. The summed E-state index contributed by atoms with van der Waals surface area (Å²) in [7, 11) is -3.58. The zero-order chi connectivity index (χ0) is 22.6. The van der Waals surface area contributed by atoms with Gasteiger partial charge in [0.2, 0.25) is 15.9 Å². The number of carbonyl (C=O) groups excluding carboxylic acids is 1. The van der Waals surface area contributed by atoms with E-state index >= 15 is 0 Å². The molecule has 0 N–H and O–H groups in total. The van der Waals surface area contributed by atoms with Crippen LogP contribution in [0.4, 0.5) is 0 Å². The number of hydrogen-bond donors (Lipinski definition) is 0. The average Bonchev–Trinajstić information content (AvgIpc) is 2.73. The van der Waals surface area contributed by atoms with Crippen molar-refractivity contribution in [3.8, 4) is 0 Å². The van der Waals surface area contributed by atoms with E-state index < -0.39 is 10.0 Å². The molecule has 0 saturated carbocycles. The molecule has 0 bridgehead atoms. The van der Waals surface area contributed by atoms with Crippen molar-refractivity contribution in [3.63, 3.8) is 0 Å². The smallest absolute Gasteiger partial charge is 0.243 e. The second-order valence-corrected chi connectivity index (χ2v) is 10.3. The Morgan fingerprint density at radius 2 is 1.68 bits per heavy atom. The van der Waals surface area contributed by atoms with Crippen LogP contribution in [0.5, 0.6) is 0 Å². The molecule has 1 aliphatic heterocycles. The first kappa shape index (κ1) is 23.2. The van der Waals surface area contributed by atoms with E-state index in [0.717, 1.165) is 22.3 Å². The van der Waals surface area contributed by atoms with Crippen LogP contribution in [-0.4, -0.2) is 43.2 Å². The van der Waals surface area contributed by atoms with Gasteiger partial charge in [-0.05, 0) is 50.3 Å². The van der Waals surface area contributed by atoms with Crippen LogP contribution >= 0.6 is 0 Å². The van der Waals surface area contributed by atoms with Gasteiger partial charge < -0.3 is 4.90 Å². The maximum absolute atomic E-state index is 13.3. The van der Waals surface area contributed by atoms with Gasteiger partial charge in [-0.1, -0.05) is 54.1 Å². The second-order valence-electron chi connectivity index (χ2n) is 8.40. The Bertz CT molecular complexity index is 1020. The van der Waals surface area contributed by atoms with Crippen molar-refractivity contribution >= 4 is 15.9 Å². The maximum Gasteiger partial charge on any atom is 0.243 e. The Morgan fingerprint density at radius 1 is 1.10 bits per heavy atom. The molecule has 1 saturated heterocycles. The second kappa shape index (κ2) is 9.79. The third kappa shape index (κ3) is 5.25. The van der Waals surface area contributed by atoms with Crippen LogP contribution in [0.25, 0.3) is 0 Å². The number of sulfonamides is 1. The normalized spacial score (nSPS) is 15.6. The number of nitrogens with zero attached hydrogens (tertiary/aromatic N) is 2. The van der Waals surface area contributed by atoms with E-state index in [1.54, 1.807) is 6.08 Å². The third-order valence-electron chi connectivity index (χ3n) is 5.88. The Labute approximate surface area is 186 Å². The Balaban J connectivity index is 1.70. The fraction of sp³-hybridized carbons (Fsp3) is 0.400. The van der Waals surface area contributed by atoms with E-state index in [4.69, 9.17) is 0 Å². The highest BCUT2D eigenvalue weighted by atomic mass is 32.2. The van der Waals surface area contributed by atoms with Gasteiger partial charge in [-0.2, -0.15) is 4.31 Å². The predicted molar refractivity (Wildman–Crippen MR) is 124 cm³/mol. The van der Waals surface area contributed by atoms with Crippen molar-refractivity contribution in [2.75, 3.05) is 19.6 Å². The van der Waals surface area contributed by atoms with Crippen molar-refractivity contribution in [1.82, 2.24) is 9.21 Å². The highest BCUT2D eigenvalue weighted by Crippen LogP contribution is 2.29. The van der Waals surface area contributed by atoms with Gasteiger partial charge >= 0.3 is 0 Å². The summed E-state index contributed by atoms with van der Waals surface area (Å²) in [6.07, 6.45) is 2.80. The first-order valence-corrected chi connectivity index (χ1v) is 12.2. The molecule has 5 nitrogen and oxygen atoms in total. The molecule has 0 atom stereocenters. The molecule has 3 rings (SSSR count). The van der Waals surface area contributed by atoms with Gasteiger partial charge in [0.15, 0.2) is 0 Å². The monoisotopic (exact) mass is 440 g/mol. The molecule has 1 fully saturated rings. The van der Waals surface area contributed by atoms with Gasteiger partial charge in [-0.3, -0.25) is 4.79 Å². The molecule has 0 aliphatic carbocycles. The summed E-state index contributed by atoms with van der Waals surface area (Å²) >= 11 is 0. The molecule has 166 valence electrons. The largest absolute Gasteiger partial charge is 0.334 e. The van der Waals surface area contributed by atoms with Crippen LogP contribution in [-0.2, 0) is 21.4 Å². The van der Waals surface area contributed by atoms with Gasteiger partial charge in [0.1, 0.15) is 0 Å². The topological polar surface area (TPSA) is 57.7 Å². The minimum absolute atomic E-state index is 0.0727. The highest BCUT2D eigenvalue weighted by molar-refractivity contribution is 7.89. The van der Waals surface area contributed by atoms with E-state index in [9.17, 15) is 13.2 Å². The lowest BCUT2D eigenvalue weighted by molar-refractivity contribution is -0.136. The summed E-state index contributed by atoms with van der Waals surface area (Å²) in [6, 6.07) is 13.7. The molecule has 0 spiro atoms. The first-order chi connectivity index (χ1) is 14.7. The summed E-state index contributed by atoms with van der Waals surface area (Å²) in [4.78, 5) is 15.4. The molecule has 0 aromatic heterocycles. The molecule has 1 amide bonds. The molecular weight excluding hydrogens is 408 g/mol. The zero-order valence-corrected chi connectivity index (χ0v) is 19.5. The fourth-order valence-corrected chi connectivity index (χ4v) is 6.38. The summed E-state index contributed by atoms with van der Waals surface area (Å²) in [5.74, 6) is -0.0983. The molecular formula is C25H32N2O3S. The van der Waals surface area contributed by atoms with Crippen molar-refractivity contribution in [2.45, 2.75) is 45.1 Å². The molecule has 6 heteroatoms. The first-order valence-electron chi connectivity index (χ1n) is 10.8. The van der Waals surface area contributed by atoms with E-state index in [0.29, 0.717) is 43.9 Å². The number of rotatable bonds is 7. The third-order valence-corrected chi connectivity index (χ3v) is 8.09. The van der Waals surface area contributed by atoms with Gasteiger partial charge in [0, 0.05) is 32.1 Å². The van der Waals surface area contributed by atoms with Gasteiger partial charge in [-0.25, -0.2) is 8.42 Å². The number of benzene rings is 2. The van der Waals surface area contributed by atoms with Crippen molar-refractivity contribution in [2.24, 2.45) is 5.92 Å². The van der Waals surface area contributed by atoms with Gasteiger partial charge in [0.05, 0.1) is 4.90 Å².